The molecule has 0 spiro atoms. The highest BCUT2D eigenvalue weighted by Gasteiger charge is 2.18. The van der Waals surface area contributed by atoms with E-state index in [-0.39, 0.29) is 11.3 Å². The number of hydrogen-bond acceptors (Lipinski definition) is 4. The first-order valence-corrected chi connectivity index (χ1v) is 7.19. The Hall–Kier alpha value is -2.76. The summed E-state index contributed by atoms with van der Waals surface area (Å²) < 4.78 is 34.1. The fraction of sp³-hybridized carbons (Fsp3) is 0.222. The van der Waals surface area contributed by atoms with E-state index >= 15 is 0 Å². The summed E-state index contributed by atoms with van der Waals surface area (Å²) in [6.07, 6.45) is 0. The van der Waals surface area contributed by atoms with Crippen molar-refractivity contribution in [2.24, 2.45) is 0 Å². The van der Waals surface area contributed by atoms with Crippen molar-refractivity contribution in [2.75, 3.05) is 6.61 Å². The maximum absolute atomic E-state index is 12.4. The second kappa shape index (κ2) is 7.68. The number of alkyl halides is 2. The Kier molecular flexibility index (Phi) is 5.63. The molecule has 0 unspecified atom stereocenters. The van der Waals surface area contributed by atoms with Crippen LogP contribution < -0.4 is 4.74 Å². The summed E-state index contributed by atoms with van der Waals surface area (Å²) in [6.45, 7) is -0.0748. The molecule has 0 saturated carbocycles. The maximum atomic E-state index is 12.4. The van der Waals surface area contributed by atoms with Crippen molar-refractivity contribution < 1.29 is 27.8 Å². The van der Waals surface area contributed by atoms with E-state index in [1.807, 2.05) is 13.0 Å². The minimum absolute atomic E-state index is 0.0488. The van der Waals surface area contributed by atoms with Gasteiger partial charge in [0.05, 0.1) is 11.1 Å². The van der Waals surface area contributed by atoms with Gasteiger partial charge in [0, 0.05) is 0 Å². The monoisotopic (exact) mass is 334 g/mol. The van der Waals surface area contributed by atoms with Crippen molar-refractivity contribution >= 4 is 11.8 Å². The molecule has 0 aliphatic carbocycles. The fourth-order valence-corrected chi connectivity index (χ4v) is 2.12. The molecule has 6 heteroatoms. The molecule has 0 aliphatic rings. The summed E-state index contributed by atoms with van der Waals surface area (Å²) in [4.78, 5) is 24.1. The number of carbonyl (C=O) groups excluding carboxylic acids is 2. The predicted octanol–water partition coefficient (Wildman–Crippen LogP) is 3.94. The highest BCUT2D eigenvalue weighted by Crippen LogP contribution is 2.23. The average Bonchev–Trinajstić information content (AvgIpc) is 2.53. The third-order valence-electron chi connectivity index (χ3n) is 3.24. The second-order valence-electron chi connectivity index (χ2n) is 5.25. The van der Waals surface area contributed by atoms with Crippen molar-refractivity contribution in [1.29, 1.82) is 0 Å². The van der Waals surface area contributed by atoms with E-state index < -0.39 is 25.0 Å². The number of carbonyl (C=O) groups is 2. The Morgan fingerprint density at radius 2 is 1.75 bits per heavy atom. The molecule has 2 aromatic carbocycles. The first kappa shape index (κ1) is 17.6. The fourth-order valence-electron chi connectivity index (χ4n) is 2.12. The van der Waals surface area contributed by atoms with Gasteiger partial charge in [-0.05, 0) is 38.1 Å². The smallest absolute Gasteiger partial charge is 0.387 e. The van der Waals surface area contributed by atoms with Gasteiger partial charge in [0.2, 0.25) is 5.78 Å². The minimum atomic E-state index is -3.05. The van der Waals surface area contributed by atoms with E-state index in [4.69, 9.17) is 4.74 Å². The Morgan fingerprint density at radius 1 is 1.04 bits per heavy atom. The van der Waals surface area contributed by atoms with E-state index in [9.17, 15) is 18.4 Å². The van der Waals surface area contributed by atoms with Crippen molar-refractivity contribution in [3.8, 4) is 5.75 Å². The Bertz CT molecular complexity index is 756. The summed E-state index contributed by atoms with van der Waals surface area (Å²) in [6, 6.07) is 11.0. The van der Waals surface area contributed by atoms with Crippen molar-refractivity contribution in [3.63, 3.8) is 0 Å². The predicted molar refractivity (Wildman–Crippen MR) is 83.6 cm³/mol. The number of Topliss-reactive ketones (excluding diaryl/α,β-unsaturated/α-hetero) is 1. The van der Waals surface area contributed by atoms with Crippen LogP contribution in [-0.4, -0.2) is 25.0 Å². The largest absolute Gasteiger partial charge is 0.454 e. The van der Waals surface area contributed by atoms with Crippen LogP contribution in [0.1, 0.15) is 31.8 Å². The molecule has 2 rings (SSSR count). The Morgan fingerprint density at radius 3 is 2.42 bits per heavy atom. The molecule has 0 bridgehead atoms. The second-order valence-corrected chi connectivity index (χ2v) is 5.25. The zero-order valence-electron chi connectivity index (χ0n) is 13.2. The number of ether oxygens (including phenoxy) is 2. The summed E-state index contributed by atoms with van der Waals surface area (Å²) in [5.74, 6) is -1.52. The van der Waals surface area contributed by atoms with Crippen LogP contribution in [-0.2, 0) is 4.74 Å². The quantitative estimate of drug-likeness (QED) is 0.593. The van der Waals surface area contributed by atoms with E-state index in [1.54, 1.807) is 31.2 Å². The molecule has 2 aromatic rings. The SMILES string of the molecule is Cc1cccc(C(=O)OCC(=O)c2cc(C)ccc2OC(F)F)c1. The van der Waals surface area contributed by atoms with Crippen LogP contribution in [0.4, 0.5) is 8.78 Å². The van der Waals surface area contributed by atoms with Gasteiger partial charge in [-0.1, -0.05) is 29.3 Å². The number of aryl methyl sites for hydroxylation is 2. The van der Waals surface area contributed by atoms with Gasteiger partial charge in [-0.2, -0.15) is 8.78 Å². The standard InChI is InChI=1S/C18H16F2O4/c1-11-4-3-5-13(8-11)17(22)23-10-15(21)14-9-12(2)6-7-16(14)24-18(19)20/h3-9,18H,10H2,1-2H3. The third kappa shape index (κ3) is 4.62. The molecule has 0 aliphatic heterocycles. The highest BCUT2D eigenvalue weighted by molar-refractivity contribution is 6.01. The molecule has 0 saturated heterocycles. The highest BCUT2D eigenvalue weighted by atomic mass is 19.3. The molecule has 0 aromatic heterocycles. The first-order chi connectivity index (χ1) is 11.4. The lowest BCUT2D eigenvalue weighted by molar-refractivity contribution is -0.0502. The van der Waals surface area contributed by atoms with Gasteiger partial charge in [0.15, 0.2) is 6.61 Å². The lowest BCUT2D eigenvalue weighted by Gasteiger charge is -2.11. The van der Waals surface area contributed by atoms with Crippen LogP contribution >= 0.6 is 0 Å². The van der Waals surface area contributed by atoms with Gasteiger partial charge in [-0.15, -0.1) is 0 Å². The molecule has 0 N–H and O–H groups in total. The van der Waals surface area contributed by atoms with Crippen molar-refractivity contribution in [1.82, 2.24) is 0 Å². The molecule has 0 radical (unpaired) electrons. The molecule has 0 atom stereocenters. The summed E-state index contributed by atoms with van der Waals surface area (Å²) >= 11 is 0. The number of benzene rings is 2. The number of rotatable bonds is 6. The third-order valence-corrected chi connectivity index (χ3v) is 3.24. The number of halogens is 2. The number of esters is 1. The van der Waals surface area contributed by atoms with Crippen LogP contribution in [0.3, 0.4) is 0 Å². The summed E-state index contributed by atoms with van der Waals surface area (Å²) in [5.41, 5.74) is 1.84. The Balaban J connectivity index is 2.09. The normalized spacial score (nSPS) is 10.5. The molecule has 4 nitrogen and oxygen atoms in total. The summed E-state index contributed by atoms with van der Waals surface area (Å²) in [5, 5.41) is 0. The molecule has 0 amide bonds. The van der Waals surface area contributed by atoms with Gasteiger partial charge < -0.3 is 9.47 Å². The molecular weight excluding hydrogens is 318 g/mol. The van der Waals surface area contributed by atoms with Crippen molar-refractivity contribution in [3.05, 3.63) is 64.7 Å². The zero-order chi connectivity index (χ0) is 17.7. The average molecular weight is 334 g/mol. The molecular formula is C18H16F2O4. The van der Waals surface area contributed by atoms with Crippen LogP contribution in [0, 0.1) is 13.8 Å². The van der Waals surface area contributed by atoms with Crippen LogP contribution in [0.2, 0.25) is 0 Å². The zero-order valence-corrected chi connectivity index (χ0v) is 13.2. The van der Waals surface area contributed by atoms with E-state index in [0.717, 1.165) is 5.56 Å². The molecule has 0 fully saturated rings. The molecule has 126 valence electrons. The first-order valence-electron chi connectivity index (χ1n) is 7.19. The molecule has 0 heterocycles. The van der Waals surface area contributed by atoms with Gasteiger partial charge in [-0.3, -0.25) is 4.79 Å². The van der Waals surface area contributed by atoms with Crippen LogP contribution in [0.15, 0.2) is 42.5 Å². The molecule has 24 heavy (non-hydrogen) atoms. The topological polar surface area (TPSA) is 52.6 Å². The lowest BCUT2D eigenvalue weighted by atomic mass is 10.1. The van der Waals surface area contributed by atoms with Gasteiger partial charge in [0.1, 0.15) is 5.75 Å². The summed E-state index contributed by atoms with van der Waals surface area (Å²) in [7, 11) is 0. The van der Waals surface area contributed by atoms with Gasteiger partial charge >= 0.3 is 12.6 Å². The van der Waals surface area contributed by atoms with E-state index in [0.29, 0.717) is 11.1 Å². The maximum Gasteiger partial charge on any atom is 0.387 e. The van der Waals surface area contributed by atoms with Crippen molar-refractivity contribution in [2.45, 2.75) is 20.5 Å². The number of ketones is 1. The Labute approximate surface area is 138 Å². The van der Waals surface area contributed by atoms with Gasteiger partial charge in [0.25, 0.3) is 0 Å². The van der Waals surface area contributed by atoms with E-state index in [1.165, 1.54) is 12.1 Å². The van der Waals surface area contributed by atoms with Crippen LogP contribution in [0.25, 0.3) is 0 Å². The lowest BCUT2D eigenvalue weighted by Crippen LogP contribution is -2.16. The van der Waals surface area contributed by atoms with Crippen LogP contribution in [0.5, 0.6) is 5.75 Å². The van der Waals surface area contributed by atoms with Gasteiger partial charge in [-0.25, -0.2) is 4.79 Å². The number of hydrogen-bond donors (Lipinski definition) is 0. The minimum Gasteiger partial charge on any atom is -0.454 e. The van der Waals surface area contributed by atoms with E-state index in [2.05, 4.69) is 4.74 Å².